The highest BCUT2D eigenvalue weighted by atomic mass is 35.5. The third-order valence-corrected chi connectivity index (χ3v) is 5.79. The summed E-state index contributed by atoms with van der Waals surface area (Å²) in [6, 6.07) is 7.43. The van der Waals surface area contributed by atoms with Gasteiger partial charge in [-0.05, 0) is 42.0 Å². The monoisotopic (exact) mass is 394 g/mol. The highest BCUT2D eigenvalue weighted by Crippen LogP contribution is 2.42. The number of benzene rings is 1. The van der Waals surface area contributed by atoms with Crippen molar-refractivity contribution >= 4 is 54.8 Å². The molecule has 5 rings (SSSR count). The summed E-state index contributed by atoms with van der Waals surface area (Å²) in [6.07, 6.45) is 1.57. The van der Waals surface area contributed by atoms with Gasteiger partial charge in [-0.1, -0.05) is 23.7 Å². The predicted molar refractivity (Wildman–Crippen MR) is 104 cm³/mol. The van der Waals surface area contributed by atoms with Crippen molar-refractivity contribution < 1.29 is 4.79 Å². The Morgan fingerprint density at radius 2 is 2.00 bits per heavy atom. The zero-order chi connectivity index (χ0) is 18.7. The molecule has 5 aromatic rings. The number of thiophene rings is 1. The Morgan fingerprint density at radius 1 is 1.22 bits per heavy atom. The molecule has 0 atom stereocenters. The molecule has 0 saturated heterocycles. The number of aromatic nitrogens is 6. The third-order valence-electron chi connectivity index (χ3n) is 4.47. The number of pyridine rings is 1. The SMILES string of the molecule is CC(=O)c1c(C)nc2sc3c(ncn4nnnc34)c2c1-c1ccc(Cl)cc1. The van der Waals surface area contributed by atoms with Crippen LogP contribution in [-0.4, -0.2) is 35.8 Å². The molecule has 0 aliphatic carbocycles. The molecule has 4 aromatic heterocycles. The number of rotatable bonds is 2. The Hall–Kier alpha value is -2.97. The van der Waals surface area contributed by atoms with Gasteiger partial charge < -0.3 is 0 Å². The molecule has 4 heterocycles. The van der Waals surface area contributed by atoms with Gasteiger partial charge >= 0.3 is 0 Å². The fourth-order valence-corrected chi connectivity index (χ4v) is 4.65. The Labute approximate surface area is 161 Å². The maximum absolute atomic E-state index is 12.5. The first-order valence-corrected chi connectivity index (χ1v) is 9.30. The second-order valence-corrected chi connectivity index (χ2v) is 7.60. The largest absolute Gasteiger partial charge is 0.294 e. The van der Waals surface area contributed by atoms with Crippen molar-refractivity contribution in [2.75, 3.05) is 0 Å². The van der Waals surface area contributed by atoms with E-state index in [1.807, 2.05) is 31.2 Å². The molecular weight excluding hydrogens is 384 g/mol. The van der Waals surface area contributed by atoms with Gasteiger partial charge in [0.1, 0.15) is 15.9 Å². The lowest BCUT2D eigenvalue weighted by atomic mass is 9.94. The maximum atomic E-state index is 12.5. The van der Waals surface area contributed by atoms with Crippen LogP contribution in [0, 0.1) is 6.92 Å². The normalized spacial score (nSPS) is 11.7. The molecule has 0 bridgehead atoms. The summed E-state index contributed by atoms with van der Waals surface area (Å²) in [5, 5.41) is 13.2. The lowest BCUT2D eigenvalue weighted by Gasteiger charge is -2.12. The average Bonchev–Trinajstić information content (AvgIpc) is 3.24. The number of hydrogen-bond acceptors (Lipinski definition) is 7. The van der Waals surface area contributed by atoms with Crippen LogP contribution >= 0.6 is 22.9 Å². The van der Waals surface area contributed by atoms with Crippen LogP contribution in [0.15, 0.2) is 30.6 Å². The van der Waals surface area contributed by atoms with Gasteiger partial charge in [-0.25, -0.2) is 9.97 Å². The lowest BCUT2D eigenvalue weighted by Crippen LogP contribution is -2.03. The van der Waals surface area contributed by atoms with Gasteiger partial charge in [0, 0.05) is 21.5 Å². The van der Waals surface area contributed by atoms with Crippen molar-refractivity contribution in [1.29, 1.82) is 0 Å². The van der Waals surface area contributed by atoms with Crippen molar-refractivity contribution in [2.45, 2.75) is 13.8 Å². The number of carbonyl (C=O) groups excluding carboxylic acids is 1. The van der Waals surface area contributed by atoms with Crippen molar-refractivity contribution in [3.63, 3.8) is 0 Å². The molecule has 7 nitrogen and oxygen atoms in total. The van der Waals surface area contributed by atoms with E-state index in [-0.39, 0.29) is 5.78 Å². The van der Waals surface area contributed by atoms with E-state index < -0.39 is 0 Å². The molecule has 0 amide bonds. The molecule has 1 aromatic carbocycles. The second-order valence-electron chi connectivity index (χ2n) is 6.16. The van der Waals surface area contributed by atoms with Gasteiger partial charge in [-0.2, -0.15) is 4.52 Å². The van der Waals surface area contributed by atoms with Crippen LogP contribution in [0.25, 0.3) is 37.2 Å². The summed E-state index contributed by atoms with van der Waals surface area (Å²) < 4.78 is 2.36. The number of Topliss-reactive ketones (excluding diaryl/α,β-unsaturated/α-hetero) is 1. The molecule has 0 radical (unpaired) electrons. The molecule has 0 spiro atoms. The van der Waals surface area contributed by atoms with Crippen LogP contribution in [0.5, 0.6) is 0 Å². The third kappa shape index (κ3) is 2.34. The minimum atomic E-state index is -0.0450. The Morgan fingerprint density at radius 3 is 2.74 bits per heavy atom. The zero-order valence-corrected chi connectivity index (χ0v) is 15.8. The number of hydrogen-bond donors (Lipinski definition) is 0. The van der Waals surface area contributed by atoms with Gasteiger partial charge in [-0.3, -0.25) is 4.79 Å². The molecule has 0 N–H and O–H groups in total. The highest BCUT2D eigenvalue weighted by Gasteiger charge is 2.23. The Balaban J connectivity index is 2.02. The minimum absolute atomic E-state index is 0.0450. The highest BCUT2D eigenvalue weighted by molar-refractivity contribution is 7.26. The topological polar surface area (TPSA) is 85.9 Å². The van der Waals surface area contributed by atoms with Crippen LogP contribution in [0.1, 0.15) is 23.0 Å². The number of fused-ring (bicyclic) bond motifs is 5. The van der Waals surface area contributed by atoms with Crippen molar-refractivity contribution in [2.24, 2.45) is 0 Å². The molecule has 132 valence electrons. The molecule has 9 heteroatoms. The molecular formula is C18H11ClN6OS. The van der Waals surface area contributed by atoms with E-state index >= 15 is 0 Å². The number of ketones is 1. The van der Waals surface area contributed by atoms with E-state index in [1.165, 1.54) is 15.9 Å². The van der Waals surface area contributed by atoms with Crippen LogP contribution in [0.4, 0.5) is 0 Å². The number of nitrogens with zero attached hydrogens (tertiary/aromatic N) is 6. The van der Waals surface area contributed by atoms with Crippen LogP contribution < -0.4 is 0 Å². The van der Waals surface area contributed by atoms with Gasteiger partial charge in [0.15, 0.2) is 11.4 Å². The van der Waals surface area contributed by atoms with E-state index in [4.69, 9.17) is 11.6 Å². The number of tetrazole rings is 1. The standard InChI is InChI=1S/C18H11ClN6OS/c1-8-12(9(2)26)13(10-3-5-11(19)6-4-10)14-15-16(27-18(14)21-8)17-22-23-24-25(17)7-20-15/h3-7H,1-2H3. The van der Waals surface area contributed by atoms with Gasteiger partial charge in [0.2, 0.25) is 0 Å². The summed E-state index contributed by atoms with van der Waals surface area (Å²) in [5.41, 5.74) is 4.33. The van der Waals surface area contributed by atoms with Gasteiger partial charge in [-0.15, -0.1) is 16.4 Å². The van der Waals surface area contributed by atoms with Crippen molar-refractivity contribution in [1.82, 2.24) is 30.0 Å². The molecule has 0 aliphatic rings. The zero-order valence-electron chi connectivity index (χ0n) is 14.3. The first-order chi connectivity index (χ1) is 13.0. The summed E-state index contributed by atoms with van der Waals surface area (Å²) in [6.45, 7) is 3.40. The summed E-state index contributed by atoms with van der Waals surface area (Å²) >= 11 is 7.53. The fourth-order valence-electron chi connectivity index (χ4n) is 3.37. The number of carbonyl (C=O) groups is 1. The van der Waals surface area contributed by atoms with Crippen molar-refractivity contribution in [3.05, 3.63) is 46.9 Å². The predicted octanol–water partition coefficient (Wildman–Crippen LogP) is 4.11. The van der Waals surface area contributed by atoms with E-state index in [0.29, 0.717) is 21.9 Å². The minimum Gasteiger partial charge on any atom is -0.294 e. The molecule has 0 fully saturated rings. The van der Waals surface area contributed by atoms with Gasteiger partial charge in [0.25, 0.3) is 0 Å². The van der Waals surface area contributed by atoms with Gasteiger partial charge in [0.05, 0.1) is 11.2 Å². The Kier molecular flexibility index (Phi) is 3.46. The molecule has 0 aliphatic heterocycles. The van der Waals surface area contributed by atoms with Crippen LogP contribution in [0.3, 0.4) is 0 Å². The molecule has 0 saturated carbocycles. The van der Waals surface area contributed by atoms with Crippen LogP contribution in [0.2, 0.25) is 5.02 Å². The summed E-state index contributed by atoms with van der Waals surface area (Å²) in [7, 11) is 0. The smallest absolute Gasteiger partial charge is 0.200 e. The van der Waals surface area contributed by atoms with E-state index in [9.17, 15) is 4.79 Å². The summed E-state index contributed by atoms with van der Waals surface area (Å²) in [4.78, 5) is 22.5. The lowest BCUT2D eigenvalue weighted by molar-refractivity contribution is 0.101. The fraction of sp³-hybridized carbons (Fsp3) is 0.111. The average molecular weight is 395 g/mol. The van der Waals surface area contributed by atoms with E-state index in [2.05, 4.69) is 25.5 Å². The second kappa shape index (κ2) is 5.77. The maximum Gasteiger partial charge on any atom is 0.200 e. The first kappa shape index (κ1) is 16.2. The Bertz CT molecular complexity index is 1370. The number of aryl methyl sites for hydroxylation is 1. The number of halogens is 1. The summed E-state index contributed by atoms with van der Waals surface area (Å²) in [5.74, 6) is -0.0450. The van der Waals surface area contributed by atoms with Crippen LogP contribution in [-0.2, 0) is 0 Å². The molecule has 0 unspecified atom stereocenters. The van der Waals surface area contributed by atoms with E-state index in [0.717, 1.165) is 31.6 Å². The van der Waals surface area contributed by atoms with Crippen molar-refractivity contribution in [3.8, 4) is 11.1 Å². The van der Waals surface area contributed by atoms with E-state index in [1.54, 1.807) is 13.3 Å². The molecule has 27 heavy (non-hydrogen) atoms. The first-order valence-electron chi connectivity index (χ1n) is 8.11. The quantitative estimate of drug-likeness (QED) is 0.419.